The Bertz CT molecular complexity index is 546. The minimum absolute atomic E-state index is 0.686. The summed E-state index contributed by atoms with van der Waals surface area (Å²) in [6.07, 6.45) is 0.920. The largest absolute Gasteiger partial charge is 0.312 e. The lowest BCUT2D eigenvalue weighted by molar-refractivity contribution is 0.554. The third-order valence-electron chi connectivity index (χ3n) is 3.04. The Hall–Kier alpha value is -0.710. The molecular formula is C16H21BrN2S. The number of rotatable bonds is 6. The van der Waals surface area contributed by atoms with E-state index < -0.39 is 0 Å². The van der Waals surface area contributed by atoms with Crippen molar-refractivity contribution in [2.45, 2.75) is 33.7 Å². The van der Waals surface area contributed by atoms with Crippen LogP contribution in [0.4, 0.5) is 0 Å². The molecule has 1 aromatic heterocycles. The standard InChI is InChI=1S/C16H21BrN2S/c1-11(2)9-18-10-15-12(3)19-16(20-15)8-13-4-6-14(17)7-5-13/h4-7,11,18H,8-10H2,1-3H3. The molecule has 0 aliphatic rings. The van der Waals surface area contributed by atoms with E-state index in [2.05, 4.69) is 66.3 Å². The molecular weight excluding hydrogens is 332 g/mol. The number of halogens is 1. The summed E-state index contributed by atoms with van der Waals surface area (Å²) in [6, 6.07) is 8.47. The van der Waals surface area contributed by atoms with Gasteiger partial charge in [0.25, 0.3) is 0 Å². The molecule has 0 atom stereocenters. The Kier molecular flexibility index (Phi) is 5.75. The zero-order chi connectivity index (χ0) is 14.5. The van der Waals surface area contributed by atoms with Crippen LogP contribution in [0.3, 0.4) is 0 Å². The molecule has 0 saturated heterocycles. The first kappa shape index (κ1) is 15.7. The SMILES string of the molecule is Cc1nc(Cc2ccc(Br)cc2)sc1CNCC(C)C. The Morgan fingerprint density at radius 3 is 2.60 bits per heavy atom. The summed E-state index contributed by atoms with van der Waals surface area (Å²) in [5.74, 6) is 0.686. The molecule has 0 aliphatic heterocycles. The summed E-state index contributed by atoms with van der Waals surface area (Å²) >= 11 is 5.29. The second-order valence-corrected chi connectivity index (χ2v) is 7.53. The normalized spacial score (nSPS) is 11.2. The number of hydrogen-bond acceptors (Lipinski definition) is 3. The summed E-state index contributed by atoms with van der Waals surface area (Å²) in [5, 5.41) is 4.69. The average molecular weight is 353 g/mol. The average Bonchev–Trinajstić information content (AvgIpc) is 2.72. The molecule has 1 heterocycles. The summed E-state index contributed by atoms with van der Waals surface area (Å²) in [6.45, 7) is 8.55. The van der Waals surface area contributed by atoms with E-state index in [1.54, 1.807) is 0 Å². The van der Waals surface area contributed by atoms with Gasteiger partial charge in [-0.1, -0.05) is 41.9 Å². The molecule has 2 nitrogen and oxygen atoms in total. The molecule has 0 fully saturated rings. The highest BCUT2D eigenvalue weighted by molar-refractivity contribution is 9.10. The van der Waals surface area contributed by atoms with Gasteiger partial charge in [0, 0.05) is 22.3 Å². The molecule has 20 heavy (non-hydrogen) atoms. The van der Waals surface area contributed by atoms with E-state index in [0.717, 1.165) is 24.0 Å². The van der Waals surface area contributed by atoms with Crippen LogP contribution in [-0.2, 0) is 13.0 Å². The Balaban J connectivity index is 1.97. The highest BCUT2D eigenvalue weighted by Crippen LogP contribution is 2.21. The lowest BCUT2D eigenvalue weighted by atomic mass is 10.2. The Morgan fingerprint density at radius 2 is 1.95 bits per heavy atom. The highest BCUT2D eigenvalue weighted by atomic mass is 79.9. The molecule has 1 aromatic carbocycles. The summed E-state index contributed by atoms with van der Waals surface area (Å²) in [5.41, 5.74) is 2.47. The van der Waals surface area contributed by atoms with E-state index in [1.165, 1.54) is 21.1 Å². The zero-order valence-corrected chi connectivity index (χ0v) is 14.6. The van der Waals surface area contributed by atoms with Crippen molar-refractivity contribution in [1.29, 1.82) is 0 Å². The molecule has 0 unspecified atom stereocenters. The first-order valence-corrected chi connectivity index (χ1v) is 8.56. The summed E-state index contributed by atoms with van der Waals surface area (Å²) in [7, 11) is 0. The maximum atomic E-state index is 4.69. The van der Waals surface area contributed by atoms with Gasteiger partial charge in [-0.2, -0.15) is 0 Å². The number of aromatic nitrogens is 1. The molecule has 0 saturated carbocycles. The van der Waals surface area contributed by atoms with Crippen molar-refractivity contribution in [1.82, 2.24) is 10.3 Å². The van der Waals surface area contributed by atoms with Crippen LogP contribution in [0.15, 0.2) is 28.7 Å². The fraction of sp³-hybridized carbons (Fsp3) is 0.438. The lowest BCUT2D eigenvalue weighted by Gasteiger charge is -2.05. The predicted molar refractivity (Wildman–Crippen MR) is 90.3 cm³/mol. The lowest BCUT2D eigenvalue weighted by Crippen LogP contribution is -2.18. The van der Waals surface area contributed by atoms with Gasteiger partial charge in [-0.05, 0) is 37.1 Å². The molecule has 0 bridgehead atoms. The molecule has 4 heteroatoms. The van der Waals surface area contributed by atoms with Crippen LogP contribution in [0, 0.1) is 12.8 Å². The first-order chi connectivity index (χ1) is 9.54. The first-order valence-electron chi connectivity index (χ1n) is 6.95. The monoisotopic (exact) mass is 352 g/mol. The van der Waals surface area contributed by atoms with Crippen molar-refractivity contribution in [3.8, 4) is 0 Å². The number of aryl methyl sites for hydroxylation is 1. The van der Waals surface area contributed by atoms with Crippen molar-refractivity contribution in [2.75, 3.05) is 6.54 Å². The van der Waals surface area contributed by atoms with Gasteiger partial charge in [-0.15, -0.1) is 11.3 Å². The van der Waals surface area contributed by atoms with E-state index in [9.17, 15) is 0 Å². The van der Waals surface area contributed by atoms with Gasteiger partial charge in [0.15, 0.2) is 0 Å². The maximum absolute atomic E-state index is 4.69. The third-order valence-corrected chi connectivity index (χ3v) is 4.73. The van der Waals surface area contributed by atoms with E-state index in [1.807, 2.05) is 11.3 Å². The zero-order valence-electron chi connectivity index (χ0n) is 12.2. The highest BCUT2D eigenvalue weighted by Gasteiger charge is 2.08. The smallest absolute Gasteiger partial charge is 0.0975 e. The van der Waals surface area contributed by atoms with Crippen LogP contribution in [0.1, 0.15) is 35.0 Å². The van der Waals surface area contributed by atoms with Crippen LogP contribution in [0.2, 0.25) is 0 Å². The molecule has 0 amide bonds. The van der Waals surface area contributed by atoms with Crippen molar-refractivity contribution >= 4 is 27.3 Å². The molecule has 108 valence electrons. The minimum Gasteiger partial charge on any atom is -0.312 e. The van der Waals surface area contributed by atoms with Crippen LogP contribution in [-0.4, -0.2) is 11.5 Å². The van der Waals surface area contributed by atoms with Gasteiger partial charge in [0.05, 0.1) is 10.7 Å². The van der Waals surface area contributed by atoms with E-state index in [4.69, 9.17) is 4.98 Å². The van der Waals surface area contributed by atoms with Crippen molar-refractivity contribution in [3.63, 3.8) is 0 Å². The quantitative estimate of drug-likeness (QED) is 0.824. The van der Waals surface area contributed by atoms with Crippen molar-refractivity contribution in [2.24, 2.45) is 5.92 Å². The van der Waals surface area contributed by atoms with Crippen LogP contribution in [0.25, 0.3) is 0 Å². The Morgan fingerprint density at radius 1 is 1.25 bits per heavy atom. The molecule has 0 aliphatic carbocycles. The molecule has 0 spiro atoms. The number of hydrogen-bond donors (Lipinski definition) is 1. The molecule has 1 N–H and O–H groups in total. The number of thiazole rings is 1. The van der Waals surface area contributed by atoms with Crippen LogP contribution >= 0.6 is 27.3 Å². The molecule has 2 aromatic rings. The van der Waals surface area contributed by atoms with Gasteiger partial charge in [-0.3, -0.25) is 0 Å². The third kappa shape index (κ3) is 4.69. The fourth-order valence-electron chi connectivity index (χ4n) is 1.98. The number of nitrogens with zero attached hydrogens (tertiary/aromatic N) is 1. The second-order valence-electron chi connectivity index (χ2n) is 5.44. The Labute approximate surface area is 133 Å². The van der Waals surface area contributed by atoms with E-state index in [-0.39, 0.29) is 0 Å². The second kappa shape index (κ2) is 7.34. The van der Waals surface area contributed by atoms with Gasteiger partial charge in [0.2, 0.25) is 0 Å². The van der Waals surface area contributed by atoms with Gasteiger partial charge < -0.3 is 5.32 Å². The van der Waals surface area contributed by atoms with Gasteiger partial charge in [0.1, 0.15) is 0 Å². The number of benzene rings is 1. The van der Waals surface area contributed by atoms with Crippen LogP contribution < -0.4 is 5.32 Å². The maximum Gasteiger partial charge on any atom is 0.0975 e. The minimum atomic E-state index is 0.686. The predicted octanol–water partition coefficient (Wildman–Crippen LogP) is 4.55. The van der Waals surface area contributed by atoms with E-state index >= 15 is 0 Å². The molecule has 0 radical (unpaired) electrons. The van der Waals surface area contributed by atoms with Gasteiger partial charge in [-0.25, -0.2) is 4.98 Å². The summed E-state index contributed by atoms with van der Waals surface area (Å²) < 4.78 is 1.12. The summed E-state index contributed by atoms with van der Waals surface area (Å²) in [4.78, 5) is 6.05. The van der Waals surface area contributed by atoms with Crippen LogP contribution in [0.5, 0.6) is 0 Å². The van der Waals surface area contributed by atoms with Crippen molar-refractivity contribution in [3.05, 3.63) is 49.9 Å². The van der Waals surface area contributed by atoms with Gasteiger partial charge >= 0.3 is 0 Å². The molecule has 2 rings (SSSR count). The topological polar surface area (TPSA) is 24.9 Å². The van der Waals surface area contributed by atoms with Crippen molar-refractivity contribution < 1.29 is 0 Å². The number of nitrogens with one attached hydrogen (secondary N) is 1. The van der Waals surface area contributed by atoms with E-state index in [0.29, 0.717) is 5.92 Å². The fourth-order valence-corrected chi connectivity index (χ4v) is 3.32.